The van der Waals surface area contributed by atoms with Gasteiger partial charge in [0, 0.05) is 35.9 Å². The van der Waals surface area contributed by atoms with Gasteiger partial charge in [0.2, 0.25) is 0 Å². The van der Waals surface area contributed by atoms with E-state index in [4.69, 9.17) is 27.9 Å². The first-order valence-electron chi connectivity index (χ1n) is 9.82. The Morgan fingerprint density at radius 1 is 1.03 bits per heavy atom. The Hall–Kier alpha value is -3.23. The van der Waals surface area contributed by atoms with Crippen LogP contribution in [0.1, 0.15) is 18.3 Å². The molecular weight excluding hydrogens is 451 g/mol. The number of ether oxygens (including phenoxy) is 1. The lowest BCUT2D eigenvalue weighted by molar-refractivity contribution is -0.144. The quantitative estimate of drug-likeness (QED) is 0.414. The van der Waals surface area contributed by atoms with Crippen molar-refractivity contribution in [1.29, 1.82) is 0 Å². The molecule has 4 heterocycles. The Bertz CT molecular complexity index is 1180. The Morgan fingerprint density at radius 2 is 1.66 bits per heavy atom. The van der Waals surface area contributed by atoms with E-state index in [0.29, 0.717) is 22.3 Å². The molecule has 0 aliphatic carbocycles. The highest BCUT2D eigenvalue weighted by Gasteiger charge is 2.16. The zero-order chi connectivity index (χ0) is 23.1. The Labute approximate surface area is 195 Å². The summed E-state index contributed by atoms with van der Waals surface area (Å²) in [5, 5.41) is 12.4. The van der Waals surface area contributed by atoms with Gasteiger partial charge in [-0.1, -0.05) is 23.2 Å². The second kappa shape index (κ2) is 10.9. The number of halogens is 2. The van der Waals surface area contributed by atoms with Crippen LogP contribution in [0.2, 0.25) is 10.0 Å². The molecule has 10 heteroatoms. The van der Waals surface area contributed by atoms with Gasteiger partial charge in [0.05, 0.1) is 28.0 Å². The van der Waals surface area contributed by atoms with Crippen molar-refractivity contribution in [3.05, 3.63) is 70.5 Å². The summed E-state index contributed by atoms with van der Waals surface area (Å²) in [7, 11) is 0. The number of pyridine rings is 2. The topological polar surface area (TPSA) is 98.6 Å². The van der Waals surface area contributed by atoms with E-state index < -0.39 is 0 Å². The third-order valence-electron chi connectivity index (χ3n) is 4.46. The zero-order valence-corrected chi connectivity index (χ0v) is 19.4. The van der Waals surface area contributed by atoms with Crippen LogP contribution >= 0.6 is 23.2 Å². The van der Waals surface area contributed by atoms with Crippen molar-refractivity contribution >= 4 is 29.2 Å². The third-order valence-corrected chi connectivity index (χ3v) is 5.38. The van der Waals surface area contributed by atoms with E-state index in [2.05, 4.69) is 25.3 Å². The highest BCUT2D eigenvalue weighted by Crippen LogP contribution is 2.29. The van der Waals surface area contributed by atoms with E-state index in [1.54, 1.807) is 36.4 Å². The smallest absolute Gasteiger partial charge is 0.327 e. The van der Waals surface area contributed by atoms with Gasteiger partial charge in [-0.15, -0.1) is 0 Å². The van der Waals surface area contributed by atoms with Gasteiger partial charge in [-0.25, -0.2) is 0 Å². The molecule has 0 spiro atoms. The first-order chi connectivity index (χ1) is 15.4. The molecule has 0 amide bonds. The largest absolute Gasteiger partial charge is 0.465 e. The van der Waals surface area contributed by atoms with Gasteiger partial charge in [0.15, 0.2) is 0 Å². The Kier molecular flexibility index (Phi) is 7.97. The van der Waals surface area contributed by atoms with Crippen molar-refractivity contribution in [3.63, 3.8) is 0 Å². The van der Waals surface area contributed by atoms with Gasteiger partial charge in [-0.05, 0) is 45.0 Å². The lowest BCUT2D eigenvalue weighted by Gasteiger charge is -2.03. The van der Waals surface area contributed by atoms with Gasteiger partial charge in [0.25, 0.3) is 0 Å². The molecule has 4 rings (SSSR count). The fraction of sp³-hybridized carbons (Fsp3) is 0.227. The van der Waals surface area contributed by atoms with E-state index in [1.165, 1.54) is 0 Å². The number of nitrogens with zero attached hydrogens (tertiary/aromatic N) is 5. The predicted octanol–water partition coefficient (Wildman–Crippen LogP) is 4.90. The number of hydrogen-bond donors (Lipinski definition) is 1. The lowest BCUT2D eigenvalue weighted by atomic mass is 10.2. The highest BCUT2D eigenvalue weighted by molar-refractivity contribution is 6.34. The molecule has 0 aliphatic rings. The molecule has 0 radical (unpaired) electrons. The predicted molar refractivity (Wildman–Crippen MR) is 123 cm³/mol. The third kappa shape index (κ3) is 5.52. The van der Waals surface area contributed by atoms with Crippen LogP contribution in [-0.4, -0.2) is 42.5 Å². The van der Waals surface area contributed by atoms with Crippen LogP contribution in [0.4, 0.5) is 0 Å². The minimum Gasteiger partial charge on any atom is -0.465 e. The minimum absolute atomic E-state index is 0.0552. The number of aromatic nitrogens is 6. The van der Waals surface area contributed by atoms with Crippen LogP contribution in [0.3, 0.4) is 0 Å². The summed E-state index contributed by atoms with van der Waals surface area (Å²) in [4.78, 5) is 19.5. The Balaban J connectivity index is 0.000000193. The van der Waals surface area contributed by atoms with Crippen molar-refractivity contribution in [1.82, 2.24) is 29.9 Å². The molecule has 1 N–H and O–H groups in total. The summed E-state index contributed by atoms with van der Waals surface area (Å²) in [6.07, 6.45) is 6.82. The van der Waals surface area contributed by atoms with E-state index in [-0.39, 0.29) is 12.5 Å². The van der Waals surface area contributed by atoms with Gasteiger partial charge in [-0.2, -0.15) is 10.2 Å². The number of nitrogens with one attached hydrogen (secondary N) is 1. The van der Waals surface area contributed by atoms with E-state index in [9.17, 15) is 4.79 Å². The van der Waals surface area contributed by atoms with Crippen molar-refractivity contribution in [2.24, 2.45) is 0 Å². The molecule has 0 saturated carbocycles. The monoisotopic (exact) mass is 472 g/mol. The average Bonchev–Trinajstić information content (AvgIpc) is 3.29. The van der Waals surface area contributed by atoms with Gasteiger partial charge in [0.1, 0.15) is 17.9 Å². The Morgan fingerprint density at radius 3 is 2.16 bits per heavy atom. The standard InChI is InChI=1S/C13H14ClN3O2.C9H8ClN3/c1-3-19-11(18)8-17-9(2)12(14)13(16-17)10-5-4-6-15-7-10;1-6-8(10)9(13-12-6)7-3-2-4-11-5-7/h4-7H,3,8H2,1-2H3;2-5H,1H3,(H,12,13). The van der Waals surface area contributed by atoms with E-state index >= 15 is 0 Å². The first-order valence-corrected chi connectivity index (χ1v) is 10.6. The average molecular weight is 473 g/mol. The second-order valence-corrected chi connectivity index (χ2v) is 7.46. The summed E-state index contributed by atoms with van der Waals surface area (Å²) >= 11 is 12.3. The van der Waals surface area contributed by atoms with Crippen LogP contribution < -0.4 is 0 Å². The van der Waals surface area contributed by atoms with Crippen molar-refractivity contribution in [3.8, 4) is 22.5 Å². The molecule has 0 aliphatic heterocycles. The van der Waals surface area contributed by atoms with Gasteiger partial charge < -0.3 is 4.74 Å². The molecule has 0 atom stereocenters. The number of H-pyrrole nitrogens is 1. The molecule has 0 unspecified atom stereocenters. The first kappa shape index (κ1) is 23.4. The van der Waals surface area contributed by atoms with E-state index in [0.717, 1.165) is 28.2 Å². The number of carbonyl (C=O) groups excluding carboxylic acids is 1. The number of rotatable bonds is 5. The zero-order valence-electron chi connectivity index (χ0n) is 17.8. The number of esters is 1. The number of hydrogen-bond acceptors (Lipinski definition) is 6. The molecule has 4 aromatic heterocycles. The minimum atomic E-state index is -0.331. The molecular formula is C22H22Cl2N6O2. The van der Waals surface area contributed by atoms with Crippen molar-refractivity contribution in [2.45, 2.75) is 27.3 Å². The summed E-state index contributed by atoms with van der Waals surface area (Å²) < 4.78 is 6.44. The SMILES string of the molecule is CCOC(=O)Cn1nc(-c2cccnc2)c(Cl)c1C.Cc1[nH]nc(-c2cccnc2)c1Cl. The van der Waals surface area contributed by atoms with Gasteiger partial charge >= 0.3 is 5.97 Å². The van der Waals surface area contributed by atoms with Crippen LogP contribution in [0, 0.1) is 13.8 Å². The fourth-order valence-electron chi connectivity index (χ4n) is 2.80. The number of aromatic amines is 1. The van der Waals surface area contributed by atoms with E-state index in [1.807, 2.05) is 38.1 Å². The molecule has 8 nitrogen and oxygen atoms in total. The normalized spacial score (nSPS) is 10.4. The van der Waals surface area contributed by atoms with Crippen molar-refractivity contribution in [2.75, 3.05) is 6.61 Å². The van der Waals surface area contributed by atoms with Crippen LogP contribution in [0.15, 0.2) is 49.1 Å². The summed E-state index contributed by atoms with van der Waals surface area (Å²) in [6, 6.07) is 7.46. The maximum atomic E-state index is 11.5. The van der Waals surface area contributed by atoms with Crippen LogP contribution in [0.5, 0.6) is 0 Å². The molecule has 4 aromatic rings. The number of aryl methyl sites for hydroxylation is 1. The second-order valence-electron chi connectivity index (χ2n) is 6.71. The molecule has 0 bridgehead atoms. The summed E-state index contributed by atoms with van der Waals surface area (Å²) in [5.41, 5.74) is 4.73. The molecule has 166 valence electrons. The van der Waals surface area contributed by atoms with Crippen molar-refractivity contribution < 1.29 is 9.53 Å². The number of carbonyl (C=O) groups is 1. The maximum absolute atomic E-state index is 11.5. The molecule has 0 fully saturated rings. The lowest BCUT2D eigenvalue weighted by Crippen LogP contribution is -2.15. The summed E-state index contributed by atoms with van der Waals surface area (Å²) in [6.45, 7) is 5.87. The van der Waals surface area contributed by atoms with Gasteiger partial charge in [-0.3, -0.25) is 24.5 Å². The van der Waals surface area contributed by atoms with Crippen LogP contribution in [-0.2, 0) is 16.1 Å². The summed E-state index contributed by atoms with van der Waals surface area (Å²) in [5.74, 6) is -0.331. The molecule has 0 saturated heterocycles. The highest BCUT2D eigenvalue weighted by atomic mass is 35.5. The molecule has 0 aromatic carbocycles. The molecule has 32 heavy (non-hydrogen) atoms. The maximum Gasteiger partial charge on any atom is 0.327 e. The fourth-order valence-corrected chi connectivity index (χ4v) is 3.24. The van der Waals surface area contributed by atoms with Crippen LogP contribution in [0.25, 0.3) is 22.5 Å².